The molecule has 27 heavy (non-hydrogen) atoms. The van der Waals surface area contributed by atoms with Gasteiger partial charge in [0.25, 0.3) is 5.91 Å². The zero-order chi connectivity index (χ0) is 18.6. The standard InChI is InChI=1S/C21H22N4OS/c1-2-27-20-11-10-16(14-22-20)21(26)24-19-12-13-23-25(19)18-9-5-7-15-6-3-4-8-17(15)18/h3-4,6,8,10-14,18H,2,5,7,9H2,1H3,(H,24,26). The van der Waals surface area contributed by atoms with Gasteiger partial charge < -0.3 is 5.32 Å². The predicted molar refractivity (Wildman–Crippen MR) is 108 cm³/mol. The van der Waals surface area contributed by atoms with Crippen molar-refractivity contribution in [2.75, 3.05) is 11.1 Å². The molecule has 0 spiro atoms. The van der Waals surface area contributed by atoms with Gasteiger partial charge in [0.2, 0.25) is 0 Å². The number of hydrogen-bond acceptors (Lipinski definition) is 4. The van der Waals surface area contributed by atoms with Gasteiger partial charge in [-0.25, -0.2) is 9.67 Å². The highest BCUT2D eigenvalue weighted by Gasteiger charge is 2.24. The Balaban J connectivity index is 1.55. The normalized spacial score (nSPS) is 16.0. The Morgan fingerprint density at radius 2 is 2.15 bits per heavy atom. The first-order valence-corrected chi connectivity index (χ1v) is 10.3. The number of benzene rings is 1. The van der Waals surface area contributed by atoms with Crippen molar-refractivity contribution in [2.45, 2.75) is 37.3 Å². The maximum Gasteiger partial charge on any atom is 0.258 e. The molecule has 1 aliphatic rings. The third-order valence-electron chi connectivity index (χ3n) is 4.84. The van der Waals surface area contributed by atoms with Crippen molar-refractivity contribution in [3.63, 3.8) is 0 Å². The van der Waals surface area contributed by atoms with Crippen LogP contribution in [0.4, 0.5) is 5.82 Å². The molecular formula is C21H22N4OS. The predicted octanol–water partition coefficient (Wildman–Crippen LogP) is 4.57. The quantitative estimate of drug-likeness (QED) is 0.661. The summed E-state index contributed by atoms with van der Waals surface area (Å²) in [5.41, 5.74) is 3.22. The largest absolute Gasteiger partial charge is 0.307 e. The molecule has 138 valence electrons. The molecule has 0 radical (unpaired) electrons. The molecule has 1 N–H and O–H groups in total. The van der Waals surface area contributed by atoms with Crippen LogP contribution in [0.15, 0.2) is 59.9 Å². The Morgan fingerprint density at radius 3 is 2.96 bits per heavy atom. The fourth-order valence-corrected chi connectivity index (χ4v) is 4.17. The van der Waals surface area contributed by atoms with Crippen LogP contribution in [0.25, 0.3) is 0 Å². The first-order chi connectivity index (χ1) is 13.3. The van der Waals surface area contributed by atoms with Crippen molar-refractivity contribution in [3.05, 3.63) is 71.5 Å². The van der Waals surface area contributed by atoms with Crippen LogP contribution in [-0.2, 0) is 6.42 Å². The van der Waals surface area contributed by atoms with Gasteiger partial charge in [-0.2, -0.15) is 5.10 Å². The van der Waals surface area contributed by atoms with Gasteiger partial charge in [0.1, 0.15) is 5.82 Å². The average Bonchev–Trinajstić information content (AvgIpc) is 3.16. The van der Waals surface area contributed by atoms with E-state index in [1.165, 1.54) is 11.1 Å². The van der Waals surface area contributed by atoms with Crippen LogP contribution in [-0.4, -0.2) is 26.4 Å². The summed E-state index contributed by atoms with van der Waals surface area (Å²) in [6.45, 7) is 2.08. The van der Waals surface area contributed by atoms with E-state index in [-0.39, 0.29) is 11.9 Å². The lowest BCUT2D eigenvalue weighted by Gasteiger charge is -2.27. The van der Waals surface area contributed by atoms with Crippen molar-refractivity contribution in [1.82, 2.24) is 14.8 Å². The smallest absolute Gasteiger partial charge is 0.258 e. The maximum atomic E-state index is 12.7. The van der Waals surface area contributed by atoms with Crippen molar-refractivity contribution in [3.8, 4) is 0 Å². The van der Waals surface area contributed by atoms with Gasteiger partial charge in [-0.1, -0.05) is 31.2 Å². The Hall–Kier alpha value is -2.60. The lowest BCUT2D eigenvalue weighted by atomic mass is 9.88. The van der Waals surface area contributed by atoms with Crippen LogP contribution >= 0.6 is 11.8 Å². The zero-order valence-corrected chi connectivity index (χ0v) is 16.1. The van der Waals surface area contributed by atoms with Gasteiger partial charge in [0.15, 0.2) is 0 Å². The van der Waals surface area contributed by atoms with E-state index in [9.17, 15) is 4.79 Å². The minimum absolute atomic E-state index is 0.154. The van der Waals surface area contributed by atoms with E-state index < -0.39 is 0 Å². The Labute approximate surface area is 163 Å². The number of aryl methyl sites for hydroxylation is 1. The summed E-state index contributed by atoms with van der Waals surface area (Å²) in [6.07, 6.45) is 6.61. The topological polar surface area (TPSA) is 59.8 Å². The van der Waals surface area contributed by atoms with E-state index in [4.69, 9.17) is 0 Å². The molecule has 0 bridgehead atoms. The van der Waals surface area contributed by atoms with Crippen LogP contribution in [0.1, 0.15) is 47.3 Å². The van der Waals surface area contributed by atoms with E-state index >= 15 is 0 Å². The van der Waals surface area contributed by atoms with Crippen LogP contribution in [0, 0.1) is 0 Å². The maximum absolute atomic E-state index is 12.7. The second-order valence-corrected chi connectivity index (χ2v) is 7.82. The summed E-state index contributed by atoms with van der Waals surface area (Å²) >= 11 is 1.66. The number of aromatic nitrogens is 3. The van der Waals surface area contributed by atoms with Gasteiger partial charge in [-0.3, -0.25) is 4.79 Å². The minimum Gasteiger partial charge on any atom is -0.307 e. The van der Waals surface area contributed by atoms with E-state index in [1.54, 1.807) is 24.2 Å². The molecule has 1 aromatic carbocycles. The van der Waals surface area contributed by atoms with Crippen molar-refractivity contribution in [2.24, 2.45) is 0 Å². The number of carbonyl (C=O) groups excluding carboxylic acids is 1. The highest BCUT2D eigenvalue weighted by molar-refractivity contribution is 7.99. The number of thioether (sulfide) groups is 1. The van der Waals surface area contributed by atoms with Gasteiger partial charge in [0, 0.05) is 12.3 Å². The van der Waals surface area contributed by atoms with Gasteiger partial charge in [-0.05, 0) is 48.3 Å². The average molecular weight is 379 g/mol. The molecule has 0 saturated carbocycles. The zero-order valence-electron chi connectivity index (χ0n) is 15.3. The minimum atomic E-state index is -0.165. The summed E-state index contributed by atoms with van der Waals surface area (Å²) in [5, 5.41) is 8.44. The highest BCUT2D eigenvalue weighted by atomic mass is 32.2. The fraction of sp³-hybridized carbons (Fsp3) is 0.286. The van der Waals surface area contributed by atoms with E-state index in [1.807, 2.05) is 22.9 Å². The molecule has 6 heteroatoms. The second kappa shape index (κ2) is 7.96. The summed E-state index contributed by atoms with van der Waals surface area (Å²) in [7, 11) is 0. The second-order valence-electron chi connectivity index (χ2n) is 6.54. The summed E-state index contributed by atoms with van der Waals surface area (Å²) in [5.74, 6) is 1.51. The molecule has 2 heterocycles. The third kappa shape index (κ3) is 3.76. The summed E-state index contributed by atoms with van der Waals surface area (Å²) in [6, 6.07) is 14.2. The Kier molecular flexibility index (Phi) is 5.25. The van der Waals surface area contributed by atoms with Gasteiger partial charge >= 0.3 is 0 Å². The van der Waals surface area contributed by atoms with E-state index in [0.717, 1.165) is 30.0 Å². The lowest BCUT2D eigenvalue weighted by Crippen LogP contribution is -2.22. The number of fused-ring (bicyclic) bond motifs is 1. The van der Waals surface area contributed by atoms with Gasteiger partial charge in [0.05, 0.1) is 22.8 Å². The molecule has 1 amide bonds. The molecule has 4 rings (SSSR count). The molecule has 1 unspecified atom stereocenters. The Bertz CT molecular complexity index is 935. The monoisotopic (exact) mass is 378 g/mol. The van der Waals surface area contributed by atoms with Crippen molar-refractivity contribution < 1.29 is 4.79 Å². The molecule has 1 aliphatic carbocycles. The summed E-state index contributed by atoms with van der Waals surface area (Å²) < 4.78 is 1.94. The molecule has 2 aromatic heterocycles. The number of carbonyl (C=O) groups is 1. The number of amides is 1. The molecule has 5 nitrogen and oxygen atoms in total. The summed E-state index contributed by atoms with van der Waals surface area (Å²) in [4.78, 5) is 17.0. The van der Waals surface area contributed by atoms with Crippen LogP contribution < -0.4 is 5.32 Å². The first-order valence-electron chi connectivity index (χ1n) is 9.28. The van der Waals surface area contributed by atoms with Crippen molar-refractivity contribution >= 4 is 23.5 Å². The number of anilines is 1. The molecule has 0 saturated heterocycles. The fourth-order valence-electron chi connectivity index (χ4n) is 3.58. The Morgan fingerprint density at radius 1 is 1.26 bits per heavy atom. The first kappa shape index (κ1) is 17.8. The molecule has 0 aliphatic heterocycles. The van der Waals surface area contributed by atoms with Crippen LogP contribution in [0.5, 0.6) is 0 Å². The number of rotatable bonds is 5. The number of nitrogens with one attached hydrogen (secondary N) is 1. The van der Waals surface area contributed by atoms with E-state index in [2.05, 4.69) is 46.6 Å². The van der Waals surface area contributed by atoms with Crippen LogP contribution in [0.2, 0.25) is 0 Å². The third-order valence-corrected chi connectivity index (χ3v) is 5.66. The SMILES string of the molecule is CCSc1ccc(C(=O)Nc2ccnn2C2CCCc3ccccc32)cn1. The highest BCUT2D eigenvalue weighted by Crippen LogP contribution is 2.34. The van der Waals surface area contributed by atoms with Crippen molar-refractivity contribution in [1.29, 1.82) is 0 Å². The molecular weight excluding hydrogens is 356 g/mol. The lowest BCUT2D eigenvalue weighted by molar-refractivity contribution is 0.102. The number of pyridine rings is 1. The number of nitrogens with zero attached hydrogens (tertiary/aromatic N) is 3. The van der Waals surface area contributed by atoms with E-state index in [0.29, 0.717) is 11.4 Å². The molecule has 0 fully saturated rings. The molecule has 1 atom stereocenters. The van der Waals surface area contributed by atoms with Gasteiger partial charge in [-0.15, -0.1) is 11.8 Å². The molecule has 3 aromatic rings. The number of hydrogen-bond donors (Lipinski definition) is 1. The van der Waals surface area contributed by atoms with Crippen LogP contribution in [0.3, 0.4) is 0 Å².